The van der Waals surface area contributed by atoms with E-state index in [0.29, 0.717) is 12.0 Å². The van der Waals surface area contributed by atoms with Crippen molar-refractivity contribution in [3.63, 3.8) is 0 Å². The maximum absolute atomic E-state index is 5.19. The molecule has 0 saturated heterocycles. The van der Waals surface area contributed by atoms with E-state index < -0.39 is 0 Å². The van der Waals surface area contributed by atoms with E-state index >= 15 is 0 Å². The summed E-state index contributed by atoms with van der Waals surface area (Å²) in [4.78, 5) is 0. The average Bonchev–Trinajstić information content (AvgIpc) is 2.03. The Hall–Kier alpha value is -0.480. The highest BCUT2D eigenvalue weighted by atomic mass is 14.9. The molecule has 1 atom stereocenters. The van der Waals surface area contributed by atoms with E-state index in [1.54, 1.807) is 0 Å². The van der Waals surface area contributed by atoms with Crippen LogP contribution >= 0.6 is 0 Å². The number of rotatable bonds is 6. The minimum atomic E-state index is 0.642. The van der Waals surface area contributed by atoms with Crippen LogP contribution in [0.15, 0.2) is 0 Å². The molecule has 0 radical (unpaired) electrons. The second kappa shape index (κ2) is 7.18. The van der Waals surface area contributed by atoms with Crippen LogP contribution in [0.2, 0.25) is 0 Å². The lowest BCUT2D eigenvalue weighted by molar-refractivity contribution is 0.378. The summed E-state index contributed by atoms with van der Waals surface area (Å²) in [6.07, 6.45) is 8.45. The quantitative estimate of drug-likeness (QED) is 0.473. The summed E-state index contributed by atoms with van der Waals surface area (Å²) in [5, 5.41) is 3.47. The van der Waals surface area contributed by atoms with Gasteiger partial charge in [-0.25, -0.2) is 0 Å². The number of nitrogens with one attached hydrogen (secondary N) is 1. The fraction of sp³-hybridized carbons (Fsp3) is 0.818. The van der Waals surface area contributed by atoms with Gasteiger partial charge in [-0.2, -0.15) is 0 Å². The van der Waals surface area contributed by atoms with Crippen molar-refractivity contribution in [2.75, 3.05) is 6.54 Å². The van der Waals surface area contributed by atoms with E-state index in [9.17, 15) is 0 Å². The van der Waals surface area contributed by atoms with Gasteiger partial charge in [0.2, 0.25) is 0 Å². The predicted octanol–water partition coefficient (Wildman–Crippen LogP) is 2.42. The summed E-state index contributed by atoms with van der Waals surface area (Å²) >= 11 is 0. The zero-order valence-corrected chi connectivity index (χ0v) is 8.56. The Balaban J connectivity index is 3.57. The SMILES string of the molecule is C#CCCCC(NCC)C(C)C. The molecule has 0 aliphatic heterocycles. The van der Waals surface area contributed by atoms with E-state index in [1.807, 2.05) is 0 Å². The summed E-state index contributed by atoms with van der Waals surface area (Å²) in [5.41, 5.74) is 0. The van der Waals surface area contributed by atoms with E-state index in [-0.39, 0.29) is 0 Å². The van der Waals surface area contributed by atoms with Crippen LogP contribution in [-0.4, -0.2) is 12.6 Å². The van der Waals surface area contributed by atoms with E-state index in [4.69, 9.17) is 6.42 Å². The normalized spacial score (nSPS) is 12.9. The molecular weight excluding hydrogens is 146 g/mol. The monoisotopic (exact) mass is 167 g/mol. The van der Waals surface area contributed by atoms with Crippen molar-refractivity contribution in [1.29, 1.82) is 0 Å². The molecule has 70 valence electrons. The molecule has 0 aromatic rings. The highest BCUT2D eigenvalue weighted by molar-refractivity contribution is 4.84. The zero-order valence-electron chi connectivity index (χ0n) is 8.56. The standard InChI is InChI=1S/C11H21N/c1-5-7-8-9-11(10(3)4)12-6-2/h1,10-12H,6-9H2,2-4H3. The van der Waals surface area contributed by atoms with Gasteiger partial charge in [0, 0.05) is 12.5 Å². The average molecular weight is 167 g/mol. The van der Waals surface area contributed by atoms with Crippen LogP contribution in [0.4, 0.5) is 0 Å². The molecule has 0 saturated carbocycles. The Morgan fingerprint density at radius 2 is 2.08 bits per heavy atom. The largest absolute Gasteiger partial charge is 0.314 e. The molecule has 1 N–H and O–H groups in total. The van der Waals surface area contributed by atoms with Gasteiger partial charge in [-0.05, 0) is 25.3 Å². The fourth-order valence-corrected chi connectivity index (χ4v) is 1.36. The van der Waals surface area contributed by atoms with Crippen LogP contribution in [0.1, 0.15) is 40.0 Å². The van der Waals surface area contributed by atoms with Gasteiger partial charge in [-0.1, -0.05) is 20.8 Å². The molecule has 1 heteroatoms. The second-order valence-corrected chi connectivity index (χ2v) is 3.50. The maximum atomic E-state index is 5.19. The van der Waals surface area contributed by atoms with Gasteiger partial charge >= 0.3 is 0 Å². The van der Waals surface area contributed by atoms with Crippen molar-refractivity contribution in [3.05, 3.63) is 0 Å². The van der Waals surface area contributed by atoms with Gasteiger partial charge in [-0.15, -0.1) is 12.3 Å². The van der Waals surface area contributed by atoms with Gasteiger partial charge < -0.3 is 5.32 Å². The second-order valence-electron chi connectivity index (χ2n) is 3.50. The topological polar surface area (TPSA) is 12.0 Å². The molecule has 0 heterocycles. The molecule has 0 aromatic carbocycles. The van der Waals surface area contributed by atoms with Crippen LogP contribution in [-0.2, 0) is 0 Å². The van der Waals surface area contributed by atoms with Crippen molar-refractivity contribution in [1.82, 2.24) is 5.32 Å². The summed E-state index contributed by atoms with van der Waals surface area (Å²) in [6.45, 7) is 7.71. The first-order valence-corrected chi connectivity index (χ1v) is 4.89. The third kappa shape index (κ3) is 5.21. The van der Waals surface area contributed by atoms with Crippen LogP contribution in [0.25, 0.3) is 0 Å². The first-order valence-electron chi connectivity index (χ1n) is 4.89. The number of hydrogen-bond donors (Lipinski definition) is 1. The number of terminal acetylenes is 1. The minimum Gasteiger partial charge on any atom is -0.314 e. The van der Waals surface area contributed by atoms with Crippen molar-refractivity contribution in [2.24, 2.45) is 5.92 Å². The molecule has 0 aromatic heterocycles. The van der Waals surface area contributed by atoms with Crippen molar-refractivity contribution < 1.29 is 0 Å². The first-order chi connectivity index (χ1) is 5.72. The molecule has 0 fully saturated rings. The lowest BCUT2D eigenvalue weighted by atomic mass is 9.98. The van der Waals surface area contributed by atoms with Crippen LogP contribution < -0.4 is 5.32 Å². The molecule has 0 aliphatic rings. The minimum absolute atomic E-state index is 0.642. The Morgan fingerprint density at radius 3 is 2.50 bits per heavy atom. The molecule has 0 bridgehead atoms. The molecule has 1 nitrogen and oxygen atoms in total. The molecule has 1 unspecified atom stereocenters. The maximum Gasteiger partial charge on any atom is 0.00902 e. The lowest BCUT2D eigenvalue weighted by Crippen LogP contribution is -2.33. The number of hydrogen-bond acceptors (Lipinski definition) is 1. The molecule has 0 amide bonds. The van der Waals surface area contributed by atoms with Crippen molar-refractivity contribution >= 4 is 0 Å². The van der Waals surface area contributed by atoms with Gasteiger partial charge in [0.15, 0.2) is 0 Å². The Bertz CT molecular complexity index is 132. The Kier molecular flexibility index (Phi) is 6.90. The van der Waals surface area contributed by atoms with Gasteiger partial charge in [0.1, 0.15) is 0 Å². The van der Waals surface area contributed by atoms with Gasteiger partial charge in [-0.3, -0.25) is 0 Å². The highest BCUT2D eigenvalue weighted by Crippen LogP contribution is 2.09. The van der Waals surface area contributed by atoms with Gasteiger partial charge in [0.05, 0.1) is 0 Å². The summed E-state index contributed by atoms with van der Waals surface area (Å²) in [7, 11) is 0. The smallest absolute Gasteiger partial charge is 0.00902 e. The Labute approximate surface area is 76.9 Å². The fourth-order valence-electron chi connectivity index (χ4n) is 1.36. The van der Waals surface area contributed by atoms with Crippen LogP contribution in [0.5, 0.6) is 0 Å². The zero-order chi connectivity index (χ0) is 9.40. The van der Waals surface area contributed by atoms with E-state index in [1.165, 1.54) is 6.42 Å². The third-order valence-corrected chi connectivity index (χ3v) is 2.11. The van der Waals surface area contributed by atoms with E-state index in [2.05, 4.69) is 32.0 Å². The van der Waals surface area contributed by atoms with Crippen molar-refractivity contribution in [2.45, 2.75) is 46.1 Å². The van der Waals surface area contributed by atoms with Crippen molar-refractivity contribution in [3.8, 4) is 12.3 Å². The first kappa shape index (κ1) is 11.5. The summed E-state index contributed by atoms with van der Waals surface area (Å²) in [5.74, 6) is 3.39. The molecule has 12 heavy (non-hydrogen) atoms. The molecule has 0 rings (SSSR count). The summed E-state index contributed by atoms with van der Waals surface area (Å²) in [6, 6.07) is 0.642. The van der Waals surface area contributed by atoms with Crippen LogP contribution in [0, 0.1) is 18.3 Å². The molecule has 0 aliphatic carbocycles. The summed E-state index contributed by atoms with van der Waals surface area (Å²) < 4.78 is 0. The Morgan fingerprint density at radius 1 is 1.42 bits per heavy atom. The van der Waals surface area contributed by atoms with Gasteiger partial charge in [0.25, 0.3) is 0 Å². The van der Waals surface area contributed by atoms with Crippen LogP contribution in [0.3, 0.4) is 0 Å². The third-order valence-electron chi connectivity index (χ3n) is 2.11. The predicted molar refractivity (Wildman–Crippen MR) is 55.0 cm³/mol. The highest BCUT2D eigenvalue weighted by Gasteiger charge is 2.10. The van der Waals surface area contributed by atoms with E-state index in [0.717, 1.165) is 19.4 Å². The molecular formula is C11H21N. The number of unbranched alkanes of at least 4 members (excludes halogenated alkanes) is 1. The lowest BCUT2D eigenvalue weighted by Gasteiger charge is -2.21. The molecule has 0 spiro atoms.